The van der Waals surface area contributed by atoms with Crippen molar-refractivity contribution in [2.24, 2.45) is 5.92 Å². The number of hydrogen-bond donors (Lipinski definition) is 1. The van der Waals surface area contributed by atoms with Gasteiger partial charge < -0.3 is 24.3 Å². The summed E-state index contributed by atoms with van der Waals surface area (Å²) in [5.74, 6) is 1.63. The molecule has 0 saturated carbocycles. The summed E-state index contributed by atoms with van der Waals surface area (Å²) < 4.78 is 11.5. The average molecular weight is 381 g/mol. The van der Waals surface area contributed by atoms with Gasteiger partial charge in [0.1, 0.15) is 5.76 Å². The van der Waals surface area contributed by atoms with E-state index in [1.165, 1.54) is 25.9 Å². The number of furan rings is 1. The molecule has 2 aromatic rings. The molecule has 6 heteroatoms. The number of morpholine rings is 1. The first-order valence-electron chi connectivity index (χ1n) is 10.3. The number of fused-ring (bicyclic) bond motifs is 3. The molecule has 5 heterocycles. The molecule has 2 bridgehead atoms. The number of ether oxygens (including phenoxy) is 1. The van der Waals surface area contributed by atoms with Crippen LogP contribution in [-0.4, -0.2) is 62.8 Å². The number of carbonyl (C=O) groups is 1. The molecule has 1 amide bonds. The lowest BCUT2D eigenvalue weighted by Gasteiger charge is -2.44. The van der Waals surface area contributed by atoms with Crippen molar-refractivity contribution in [3.05, 3.63) is 42.2 Å². The number of para-hydroxylation sites is 1. The maximum atomic E-state index is 12.8. The molecule has 148 valence electrons. The van der Waals surface area contributed by atoms with Gasteiger partial charge in [0.15, 0.2) is 5.76 Å². The molecule has 4 saturated heterocycles. The van der Waals surface area contributed by atoms with Crippen LogP contribution in [0.4, 0.5) is 5.69 Å². The molecule has 1 aromatic carbocycles. The Morgan fingerprint density at radius 3 is 2.54 bits per heavy atom. The number of benzene rings is 1. The monoisotopic (exact) mass is 381 g/mol. The molecule has 4 aliphatic heterocycles. The predicted octanol–water partition coefficient (Wildman–Crippen LogP) is 2.61. The lowest BCUT2D eigenvalue weighted by atomic mass is 9.84. The van der Waals surface area contributed by atoms with Crippen LogP contribution in [-0.2, 0) is 4.74 Å². The molecule has 4 aliphatic rings. The number of nitrogens with one attached hydrogen (secondary N) is 1. The standard InChI is InChI=1S/C22H27N3O3/c26-22(23-18-15-24-9-7-16(18)8-10-24)21-6-5-20(28-21)17-3-1-2-4-19(17)25-11-13-27-14-12-25/h1-6,16,18H,7-15H2,(H,23,26)/t18-/m0/s1. The summed E-state index contributed by atoms with van der Waals surface area (Å²) in [6, 6.07) is 12.2. The van der Waals surface area contributed by atoms with Crippen LogP contribution < -0.4 is 10.2 Å². The quantitative estimate of drug-likeness (QED) is 0.882. The topological polar surface area (TPSA) is 58.0 Å². The van der Waals surface area contributed by atoms with Gasteiger partial charge >= 0.3 is 0 Å². The van der Waals surface area contributed by atoms with Gasteiger partial charge in [0.2, 0.25) is 0 Å². The normalized spacial score (nSPS) is 27.0. The minimum Gasteiger partial charge on any atom is -0.451 e. The SMILES string of the molecule is O=C(N[C@H]1CN2CCC1CC2)c1ccc(-c2ccccc2N2CCOCC2)o1. The van der Waals surface area contributed by atoms with Crippen molar-refractivity contribution in [2.45, 2.75) is 18.9 Å². The molecule has 1 aromatic heterocycles. The third-order valence-electron chi connectivity index (χ3n) is 6.32. The summed E-state index contributed by atoms with van der Waals surface area (Å²) in [4.78, 5) is 17.5. The Hall–Kier alpha value is -2.31. The second-order valence-corrected chi connectivity index (χ2v) is 8.00. The zero-order valence-electron chi connectivity index (χ0n) is 16.1. The van der Waals surface area contributed by atoms with Gasteiger partial charge in [-0.15, -0.1) is 0 Å². The van der Waals surface area contributed by atoms with Crippen molar-refractivity contribution < 1.29 is 13.9 Å². The van der Waals surface area contributed by atoms with Crippen LogP contribution in [0.15, 0.2) is 40.8 Å². The maximum Gasteiger partial charge on any atom is 0.287 e. The second kappa shape index (κ2) is 7.60. The summed E-state index contributed by atoms with van der Waals surface area (Å²) in [7, 11) is 0. The van der Waals surface area contributed by atoms with Crippen LogP contribution >= 0.6 is 0 Å². The number of carbonyl (C=O) groups excluding carboxylic acids is 1. The molecule has 0 unspecified atom stereocenters. The smallest absolute Gasteiger partial charge is 0.287 e. The highest BCUT2D eigenvalue weighted by Gasteiger charge is 2.35. The Kier molecular flexibility index (Phi) is 4.82. The fourth-order valence-electron chi connectivity index (χ4n) is 4.73. The first-order chi connectivity index (χ1) is 13.8. The van der Waals surface area contributed by atoms with Gasteiger partial charge in [0.25, 0.3) is 5.91 Å². The van der Waals surface area contributed by atoms with Gasteiger partial charge in [-0.25, -0.2) is 0 Å². The molecule has 1 N–H and O–H groups in total. The van der Waals surface area contributed by atoms with Crippen LogP contribution in [0.5, 0.6) is 0 Å². The van der Waals surface area contributed by atoms with E-state index in [0.717, 1.165) is 49.9 Å². The fourth-order valence-corrected chi connectivity index (χ4v) is 4.73. The van der Waals surface area contributed by atoms with Crippen molar-refractivity contribution in [3.8, 4) is 11.3 Å². The van der Waals surface area contributed by atoms with E-state index in [0.29, 0.717) is 11.7 Å². The van der Waals surface area contributed by atoms with Gasteiger partial charge in [-0.05, 0) is 56.1 Å². The zero-order chi connectivity index (χ0) is 18.9. The van der Waals surface area contributed by atoms with E-state index in [9.17, 15) is 4.79 Å². The second-order valence-electron chi connectivity index (χ2n) is 8.00. The summed E-state index contributed by atoms with van der Waals surface area (Å²) in [6.07, 6.45) is 2.36. The first-order valence-corrected chi connectivity index (χ1v) is 10.3. The van der Waals surface area contributed by atoms with E-state index in [-0.39, 0.29) is 11.9 Å². The summed E-state index contributed by atoms with van der Waals surface area (Å²) in [5.41, 5.74) is 2.15. The van der Waals surface area contributed by atoms with E-state index in [1.807, 2.05) is 18.2 Å². The van der Waals surface area contributed by atoms with Crippen molar-refractivity contribution in [1.29, 1.82) is 0 Å². The van der Waals surface area contributed by atoms with Crippen molar-refractivity contribution in [1.82, 2.24) is 10.2 Å². The van der Waals surface area contributed by atoms with E-state index in [4.69, 9.17) is 9.15 Å². The van der Waals surface area contributed by atoms with Crippen LogP contribution in [0.1, 0.15) is 23.4 Å². The molecule has 0 spiro atoms. The highest BCUT2D eigenvalue weighted by Crippen LogP contribution is 2.33. The lowest BCUT2D eigenvalue weighted by molar-refractivity contribution is 0.0606. The van der Waals surface area contributed by atoms with Crippen molar-refractivity contribution in [2.75, 3.05) is 50.8 Å². The number of piperidine rings is 3. The van der Waals surface area contributed by atoms with E-state index in [1.54, 1.807) is 6.07 Å². The highest BCUT2D eigenvalue weighted by atomic mass is 16.5. The molecule has 28 heavy (non-hydrogen) atoms. The molecule has 6 rings (SSSR count). The Morgan fingerprint density at radius 1 is 1.00 bits per heavy atom. The third kappa shape index (κ3) is 3.42. The summed E-state index contributed by atoms with van der Waals surface area (Å²) >= 11 is 0. The van der Waals surface area contributed by atoms with Gasteiger partial charge in [-0.2, -0.15) is 0 Å². The van der Waals surface area contributed by atoms with Crippen LogP contribution in [0.25, 0.3) is 11.3 Å². The predicted molar refractivity (Wildman–Crippen MR) is 108 cm³/mol. The molecule has 0 aliphatic carbocycles. The van der Waals surface area contributed by atoms with Crippen LogP contribution in [0.2, 0.25) is 0 Å². The van der Waals surface area contributed by atoms with E-state index in [2.05, 4.69) is 27.2 Å². The van der Waals surface area contributed by atoms with Crippen molar-refractivity contribution in [3.63, 3.8) is 0 Å². The van der Waals surface area contributed by atoms with Gasteiger partial charge in [-0.3, -0.25) is 4.79 Å². The number of rotatable bonds is 4. The van der Waals surface area contributed by atoms with E-state index < -0.39 is 0 Å². The Balaban J connectivity index is 1.33. The largest absolute Gasteiger partial charge is 0.451 e. The Labute approximate surface area is 165 Å². The molecule has 1 atom stereocenters. The van der Waals surface area contributed by atoms with Crippen LogP contribution in [0, 0.1) is 5.92 Å². The first kappa shape index (κ1) is 17.8. The highest BCUT2D eigenvalue weighted by molar-refractivity contribution is 5.92. The minimum atomic E-state index is -0.103. The number of hydrogen-bond acceptors (Lipinski definition) is 5. The Morgan fingerprint density at radius 2 is 1.79 bits per heavy atom. The molecule has 6 nitrogen and oxygen atoms in total. The van der Waals surface area contributed by atoms with E-state index >= 15 is 0 Å². The average Bonchev–Trinajstić information content (AvgIpc) is 3.26. The molecule has 0 radical (unpaired) electrons. The number of amides is 1. The minimum absolute atomic E-state index is 0.103. The molecule has 4 fully saturated rings. The maximum absolute atomic E-state index is 12.8. The third-order valence-corrected chi connectivity index (χ3v) is 6.32. The zero-order valence-corrected chi connectivity index (χ0v) is 16.1. The lowest BCUT2D eigenvalue weighted by Crippen LogP contribution is -2.57. The number of nitrogens with zero attached hydrogens (tertiary/aromatic N) is 2. The molecular weight excluding hydrogens is 354 g/mol. The molecular formula is C22H27N3O3. The Bertz CT molecular complexity index is 835. The van der Waals surface area contributed by atoms with Gasteiger partial charge in [0, 0.05) is 36.9 Å². The fraction of sp³-hybridized carbons (Fsp3) is 0.500. The van der Waals surface area contributed by atoms with Gasteiger partial charge in [0.05, 0.1) is 13.2 Å². The van der Waals surface area contributed by atoms with Gasteiger partial charge in [-0.1, -0.05) is 12.1 Å². The summed E-state index contributed by atoms with van der Waals surface area (Å²) in [6.45, 7) is 6.50. The number of anilines is 1. The van der Waals surface area contributed by atoms with Crippen LogP contribution in [0.3, 0.4) is 0 Å². The summed E-state index contributed by atoms with van der Waals surface area (Å²) in [5, 5.41) is 3.21. The van der Waals surface area contributed by atoms with Crippen molar-refractivity contribution >= 4 is 11.6 Å².